The summed E-state index contributed by atoms with van der Waals surface area (Å²) in [7, 11) is -4.48. The zero-order valence-corrected chi connectivity index (χ0v) is 19.9. The van der Waals surface area contributed by atoms with Crippen LogP contribution >= 0.6 is 7.60 Å². The van der Waals surface area contributed by atoms with Crippen LogP contribution in [-0.4, -0.2) is 90.6 Å². The summed E-state index contributed by atoms with van der Waals surface area (Å²) < 4.78 is 23.8. The van der Waals surface area contributed by atoms with Crippen LogP contribution in [0.5, 0.6) is 0 Å². The molecule has 2 aromatic rings. The number of aliphatic hydroxyl groups excluding tert-OH is 2. The Kier molecular flexibility index (Phi) is 8.14. The number of imidazole rings is 1. The molecule has 4 rings (SSSR count). The lowest BCUT2D eigenvalue weighted by Gasteiger charge is -2.25. The fraction of sp³-hybridized carbons (Fsp3) is 0.632. The molecule has 2 aliphatic rings. The number of fused-ring (bicyclic) bond motifs is 1. The van der Waals surface area contributed by atoms with E-state index in [1.54, 1.807) is 0 Å². The van der Waals surface area contributed by atoms with Crippen LogP contribution in [0.4, 0.5) is 10.6 Å². The quantitative estimate of drug-likeness (QED) is 0.197. The monoisotopic (exact) mass is 528 g/mol. The van der Waals surface area contributed by atoms with Crippen LogP contribution in [0.15, 0.2) is 12.7 Å². The van der Waals surface area contributed by atoms with Crippen molar-refractivity contribution < 1.29 is 43.6 Å². The number of amides is 2. The number of carbonyl (C=O) groups is 2. The molecule has 2 fully saturated rings. The van der Waals surface area contributed by atoms with E-state index >= 15 is 0 Å². The highest BCUT2D eigenvalue weighted by molar-refractivity contribution is 7.51. The molecule has 16 nitrogen and oxygen atoms in total. The third-order valence-corrected chi connectivity index (χ3v) is 7.06. The number of aliphatic hydroxyl groups is 2. The standard InChI is InChI=1S/C19H28N7O9P/c27-12(28)5-20-9-36(32,33)34-6-11-14(29)15(30)18(35-11)26-8-23-13-16(21-7-22-17(13)26)25-19(31)24-10-3-1-2-4-10/h7-8,10-11,14-15,18,20,29-30H,1-6,9H2,(H,27,28)(H,32,33)(H2,21,22,24,25,31)/p-1/t11-,14?,15+,18-/m1/s1. The lowest BCUT2D eigenvalue weighted by Crippen LogP contribution is -2.36. The number of rotatable bonds is 10. The average Bonchev–Trinajstić information content (AvgIpc) is 3.54. The average molecular weight is 528 g/mol. The Morgan fingerprint density at radius 3 is 2.69 bits per heavy atom. The van der Waals surface area contributed by atoms with Crippen LogP contribution in [0.2, 0.25) is 0 Å². The minimum atomic E-state index is -4.48. The Balaban J connectivity index is 1.41. The zero-order chi connectivity index (χ0) is 25.9. The van der Waals surface area contributed by atoms with Gasteiger partial charge in [-0.1, -0.05) is 12.8 Å². The van der Waals surface area contributed by atoms with E-state index in [2.05, 4.69) is 30.9 Å². The zero-order valence-electron chi connectivity index (χ0n) is 19.0. The first-order valence-electron chi connectivity index (χ1n) is 11.3. The van der Waals surface area contributed by atoms with Crippen LogP contribution in [0, 0.1) is 0 Å². The number of nitrogens with one attached hydrogen (secondary N) is 3. The number of hydrogen-bond acceptors (Lipinski definition) is 12. The van der Waals surface area contributed by atoms with Crippen molar-refractivity contribution in [1.29, 1.82) is 0 Å². The van der Waals surface area contributed by atoms with Gasteiger partial charge < -0.3 is 39.4 Å². The van der Waals surface area contributed by atoms with Crippen molar-refractivity contribution in [1.82, 2.24) is 30.2 Å². The predicted molar refractivity (Wildman–Crippen MR) is 120 cm³/mol. The summed E-state index contributed by atoms with van der Waals surface area (Å²) >= 11 is 0. The van der Waals surface area contributed by atoms with E-state index in [1.807, 2.05) is 0 Å². The number of carboxylic acids is 1. The maximum Gasteiger partial charge on any atom is 0.320 e. The SMILES string of the molecule is O=C(O)CNCP(=O)([O-])OC[C@H]1O[C@@H](n2cnc3c(NC(=O)NC4CCCC4)ncnc32)[C@@H](O)C1O. The molecule has 5 atom stereocenters. The number of aromatic nitrogens is 4. The Morgan fingerprint density at radius 1 is 1.22 bits per heavy atom. The summed E-state index contributed by atoms with van der Waals surface area (Å²) in [4.78, 5) is 47.2. The second kappa shape index (κ2) is 11.1. The maximum absolute atomic E-state index is 12.4. The van der Waals surface area contributed by atoms with Crippen molar-refractivity contribution >= 4 is 36.6 Å². The fourth-order valence-electron chi connectivity index (χ4n) is 4.16. The van der Waals surface area contributed by atoms with Gasteiger partial charge in [0.05, 0.1) is 25.8 Å². The van der Waals surface area contributed by atoms with Crippen molar-refractivity contribution in [3.05, 3.63) is 12.7 Å². The molecule has 0 aromatic carbocycles. The van der Waals surface area contributed by atoms with Gasteiger partial charge in [0.25, 0.3) is 0 Å². The Bertz CT molecular complexity index is 1140. The number of aliphatic carboxylic acids is 1. The van der Waals surface area contributed by atoms with Gasteiger partial charge in [0.1, 0.15) is 32.2 Å². The lowest BCUT2D eigenvalue weighted by molar-refractivity contribution is -0.202. The van der Waals surface area contributed by atoms with Crippen molar-refractivity contribution in [3.8, 4) is 0 Å². The summed E-state index contributed by atoms with van der Waals surface area (Å²) in [5, 5.41) is 37.2. The highest BCUT2D eigenvalue weighted by Crippen LogP contribution is 2.38. The van der Waals surface area contributed by atoms with Crippen LogP contribution < -0.4 is 20.8 Å². The molecule has 17 heteroatoms. The number of carbonyl (C=O) groups excluding carboxylic acids is 1. The number of nitrogens with zero attached hydrogens (tertiary/aromatic N) is 4. The van der Waals surface area contributed by atoms with E-state index in [0.29, 0.717) is 0 Å². The first-order chi connectivity index (χ1) is 17.1. The Hall–Kier alpha value is -2.72. The molecule has 0 radical (unpaired) electrons. The molecule has 198 valence electrons. The molecule has 1 aliphatic heterocycles. The number of anilines is 1. The molecular formula is C19H27N7O9P-. The third-order valence-electron chi connectivity index (χ3n) is 5.91. The lowest BCUT2D eigenvalue weighted by atomic mass is 10.1. The molecule has 2 amide bonds. The maximum atomic E-state index is 12.4. The number of urea groups is 1. The van der Waals surface area contributed by atoms with Gasteiger partial charge in [0, 0.05) is 6.04 Å². The topological polar surface area (TPSA) is 233 Å². The summed E-state index contributed by atoms with van der Waals surface area (Å²) in [6.07, 6.45) is 0.287. The number of carboxylic acid groups (broad SMARTS) is 1. The predicted octanol–water partition coefficient (Wildman–Crippen LogP) is -1.29. The van der Waals surface area contributed by atoms with Crippen molar-refractivity contribution in [3.63, 3.8) is 0 Å². The summed E-state index contributed by atoms with van der Waals surface area (Å²) in [6, 6.07) is -0.332. The minimum Gasteiger partial charge on any atom is -0.778 e. The van der Waals surface area contributed by atoms with Crippen molar-refractivity contribution in [2.45, 2.75) is 56.3 Å². The molecule has 3 heterocycles. The van der Waals surface area contributed by atoms with Gasteiger partial charge in [-0.25, -0.2) is 19.7 Å². The number of hydrogen-bond donors (Lipinski definition) is 6. The molecule has 1 saturated heterocycles. The van der Waals surface area contributed by atoms with Gasteiger partial charge in [0.2, 0.25) is 0 Å². The molecular weight excluding hydrogens is 501 g/mol. The van der Waals surface area contributed by atoms with Gasteiger partial charge in [-0.2, -0.15) is 0 Å². The molecule has 0 bridgehead atoms. The molecule has 2 unspecified atom stereocenters. The molecule has 1 saturated carbocycles. The third kappa shape index (κ3) is 6.15. The summed E-state index contributed by atoms with van der Waals surface area (Å²) in [6.45, 7) is -1.19. The van der Waals surface area contributed by atoms with Crippen LogP contribution in [0.3, 0.4) is 0 Å². The van der Waals surface area contributed by atoms with Gasteiger partial charge >= 0.3 is 12.0 Å². The molecule has 6 N–H and O–H groups in total. The highest BCUT2D eigenvalue weighted by atomic mass is 31.2. The van der Waals surface area contributed by atoms with E-state index < -0.39 is 63.6 Å². The molecule has 2 aromatic heterocycles. The van der Waals surface area contributed by atoms with Gasteiger partial charge in [0.15, 0.2) is 23.2 Å². The molecule has 0 spiro atoms. The van der Waals surface area contributed by atoms with Gasteiger partial charge in [-0.15, -0.1) is 0 Å². The van der Waals surface area contributed by atoms with Crippen LogP contribution in [-0.2, 0) is 18.6 Å². The normalized spacial score (nSPS) is 26.2. The first-order valence-corrected chi connectivity index (χ1v) is 13.0. The van der Waals surface area contributed by atoms with E-state index in [-0.39, 0.29) is 23.0 Å². The highest BCUT2D eigenvalue weighted by Gasteiger charge is 2.44. The van der Waals surface area contributed by atoms with Crippen molar-refractivity contribution in [2.24, 2.45) is 0 Å². The van der Waals surface area contributed by atoms with Gasteiger partial charge in [-0.05, 0) is 12.8 Å². The van der Waals surface area contributed by atoms with Crippen LogP contribution in [0.25, 0.3) is 11.2 Å². The minimum absolute atomic E-state index is 0.0972. The fourth-order valence-corrected chi connectivity index (χ4v) is 5.01. The molecule has 1 aliphatic carbocycles. The smallest absolute Gasteiger partial charge is 0.320 e. The van der Waals surface area contributed by atoms with E-state index in [0.717, 1.165) is 25.7 Å². The summed E-state index contributed by atoms with van der Waals surface area (Å²) in [5.41, 5.74) is 0.420. The Labute approximate surface area is 204 Å². The van der Waals surface area contributed by atoms with Crippen LogP contribution in [0.1, 0.15) is 31.9 Å². The second-order valence-electron chi connectivity index (χ2n) is 8.56. The van der Waals surface area contributed by atoms with Crippen molar-refractivity contribution in [2.75, 3.05) is 24.8 Å². The van der Waals surface area contributed by atoms with Gasteiger partial charge in [-0.3, -0.25) is 20.0 Å². The largest absolute Gasteiger partial charge is 0.778 e. The first kappa shape index (κ1) is 26.3. The van der Waals surface area contributed by atoms with E-state index in [1.165, 1.54) is 17.2 Å². The number of ether oxygens (including phenoxy) is 1. The Morgan fingerprint density at radius 2 is 1.97 bits per heavy atom. The summed E-state index contributed by atoms with van der Waals surface area (Å²) in [5.74, 6) is -1.09. The van der Waals surface area contributed by atoms with E-state index in [9.17, 15) is 29.3 Å². The molecule has 36 heavy (non-hydrogen) atoms. The second-order valence-corrected chi connectivity index (χ2v) is 10.4. The van der Waals surface area contributed by atoms with E-state index in [4.69, 9.17) is 14.4 Å².